The van der Waals surface area contributed by atoms with Crippen molar-refractivity contribution >= 4 is 32.7 Å². The van der Waals surface area contributed by atoms with Crippen LogP contribution < -0.4 is 0 Å². The third-order valence-electron chi connectivity index (χ3n) is 4.41. The summed E-state index contributed by atoms with van der Waals surface area (Å²) in [5, 5.41) is 0.891. The van der Waals surface area contributed by atoms with Crippen molar-refractivity contribution in [3.05, 3.63) is 64.6 Å². The Morgan fingerprint density at radius 2 is 1.65 bits per heavy atom. The maximum atomic E-state index is 13.4. The van der Waals surface area contributed by atoms with Crippen LogP contribution in [0.15, 0.2) is 59.1 Å². The molecule has 0 bridgehead atoms. The number of pyridine rings is 1. The van der Waals surface area contributed by atoms with Crippen molar-refractivity contribution < 1.29 is 4.79 Å². The van der Waals surface area contributed by atoms with Crippen LogP contribution in [-0.4, -0.2) is 27.9 Å². The Morgan fingerprint density at radius 3 is 2.31 bits per heavy atom. The molecule has 0 saturated carbocycles. The van der Waals surface area contributed by atoms with Crippen LogP contribution in [0.5, 0.6) is 0 Å². The summed E-state index contributed by atoms with van der Waals surface area (Å²) in [7, 11) is 0. The lowest BCUT2D eigenvalue weighted by molar-refractivity contribution is 0.0646. The highest BCUT2D eigenvalue weighted by Gasteiger charge is 2.24. The molecule has 1 amide bonds. The van der Waals surface area contributed by atoms with Crippen LogP contribution in [0.2, 0.25) is 0 Å². The molecule has 3 aromatic rings. The monoisotopic (exact) mass is 410 g/mol. The molecular formula is C22H23BrN2O. The SMILES string of the molecule is CC(C)N(C(=O)c1cc(-c2cccc(Br)c2)nc2ccccc12)C(C)C. The average molecular weight is 411 g/mol. The summed E-state index contributed by atoms with van der Waals surface area (Å²) in [5.74, 6) is 0.0462. The Morgan fingerprint density at radius 1 is 0.962 bits per heavy atom. The minimum Gasteiger partial charge on any atom is -0.334 e. The topological polar surface area (TPSA) is 33.2 Å². The van der Waals surface area contributed by atoms with E-state index in [0.29, 0.717) is 5.56 Å². The quantitative estimate of drug-likeness (QED) is 0.534. The van der Waals surface area contributed by atoms with Crippen molar-refractivity contribution in [3.63, 3.8) is 0 Å². The van der Waals surface area contributed by atoms with Crippen LogP contribution in [0.3, 0.4) is 0 Å². The smallest absolute Gasteiger partial charge is 0.255 e. The number of fused-ring (bicyclic) bond motifs is 1. The molecule has 0 atom stereocenters. The Labute approximate surface area is 163 Å². The molecule has 0 aliphatic carbocycles. The number of benzene rings is 2. The van der Waals surface area contributed by atoms with Gasteiger partial charge in [0.05, 0.1) is 16.8 Å². The van der Waals surface area contributed by atoms with Crippen LogP contribution in [-0.2, 0) is 0 Å². The number of para-hydroxylation sites is 1. The Kier molecular flexibility index (Phi) is 5.42. The predicted molar refractivity (Wildman–Crippen MR) is 111 cm³/mol. The molecule has 0 aliphatic heterocycles. The van der Waals surface area contributed by atoms with Crippen LogP contribution >= 0.6 is 15.9 Å². The first-order chi connectivity index (χ1) is 12.4. The van der Waals surface area contributed by atoms with Gasteiger partial charge in [-0.05, 0) is 52.0 Å². The van der Waals surface area contributed by atoms with Gasteiger partial charge in [0.15, 0.2) is 0 Å². The normalized spacial score (nSPS) is 11.3. The van der Waals surface area contributed by atoms with Gasteiger partial charge in [-0.15, -0.1) is 0 Å². The molecule has 1 heterocycles. The van der Waals surface area contributed by atoms with Gasteiger partial charge in [0.1, 0.15) is 0 Å². The Bertz CT molecular complexity index is 942. The number of amides is 1. The number of aromatic nitrogens is 1. The van der Waals surface area contributed by atoms with E-state index < -0.39 is 0 Å². The second-order valence-corrected chi connectivity index (χ2v) is 7.90. The second kappa shape index (κ2) is 7.58. The molecule has 0 unspecified atom stereocenters. The molecule has 26 heavy (non-hydrogen) atoms. The van der Waals surface area contributed by atoms with Gasteiger partial charge in [0, 0.05) is 27.5 Å². The summed E-state index contributed by atoms with van der Waals surface area (Å²) < 4.78 is 0.990. The molecule has 0 aliphatic rings. The molecule has 0 spiro atoms. The third-order valence-corrected chi connectivity index (χ3v) is 4.91. The van der Waals surface area contributed by atoms with Crippen molar-refractivity contribution in [2.45, 2.75) is 39.8 Å². The molecule has 0 radical (unpaired) electrons. The zero-order valence-electron chi connectivity index (χ0n) is 15.5. The molecule has 2 aromatic carbocycles. The van der Waals surface area contributed by atoms with E-state index in [0.717, 1.165) is 26.6 Å². The lowest BCUT2D eigenvalue weighted by Crippen LogP contribution is -2.42. The molecule has 134 valence electrons. The number of hydrogen-bond acceptors (Lipinski definition) is 2. The fraction of sp³-hybridized carbons (Fsp3) is 0.273. The molecule has 0 saturated heterocycles. The van der Waals surface area contributed by atoms with E-state index in [1.54, 1.807) is 0 Å². The first-order valence-electron chi connectivity index (χ1n) is 8.87. The van der Waals surface area contributed by atoms with Crippen molar-refractivity contribution in [1.82, 2.24) is 9.88 Å². The van der Waals surface area contributed by atoms with Crippen LogP contribution in [0, 0.1) is 0 Å². The predicted octanol–water partition coefficient (Wildman–Crippen LogP) is 5.92. The summed E-state index contributed by atoms with van der Waals surface area (Å²) in [6.45, 7) is 8.21. The standard InChI is InChI=1S/C22H23BrN2O/c1-14(2)25(15(3)4)22(26)19-13-21(16-8-7-9-17(23)12-16)24-20-11-6-5-10-18(19)20/h5-15H,1-4H3. The van der Waals surface area contributed by atoms with Gasteiger partial charge in [-0.3, -0.25) is 4.79 Å². The van der Waals surface area contributed by atoms with Gasteiger partial charge < -0.3 is 4.90 Å². The van der Waals surface area contributed by atoms with Gasteiger partial charge in [0.2, 0.25) is 0 Å². The molecule has 3 nitrogen and oxygen atoms in total. The van der Waals surface area contributed by atoms with Crippen molar-refractivity contribution in [2.75, 3.05) is 0 Å². The zero-order valence-corrected chi connectivity index (χ0v) is 17.1. The van der Waals surface area contributed by atoms with Gasteiger partial charge in [-0.1, -0.05) is 46.3 Å². The average Bonchev–Trinajstić information content (AvgIpc) is 2.60. The highest BCUT2D eigenvalue weighted by atomic mass is 79.9. The highest BCUT2D eigenvalue weighted by Crippen LogP contribution is 2.28. The number of rotatable bonds is 4. The fourth-order valence-corrected chi connectivity index (χ4v) is 3.75. The second-order valence-electron chi connectivity index (χ2n) is 6.98. The summed E-state index contributed by atoms with van der Waals surface area (Å²) in [5.41, 5.74) is 3.33. The summed E-state index contributed by atoms with van der Waals surface area (Å²) in [4.78, 5) is 20.1. The first-order valence-corrected chi connectivity index (χ1v) is 9.66. The van der Waals surface area contributed by atoms with Crippen LogP contribution in [0.4, 0.5) is 0 Å². The molecule has 4 heteroatoms. The summed E-state index contributed by atoms with van der Waals surface area (Å²) in [6.07, 6.45) is 0. The fourth-order valence-electron chi connectivity index (χ4n) is 3.35. The maximum Gasteiger partial charge on any atom is 0.255 e. The van der Waals surface area contributed by atoms with E-state index >= 15 is 0 Å². The van der Waals surface area contributed by atoms with E-state index in [1.165, 1.54) is 0 Å². The zero-order chi connectivity index (χ0) is 18.8. The van der Waals surface area contributed by atoms with E-state index in [-0.39, 0.29) is 18.0 Å². The summed E-state index contributed by atoms with van der Waals surface area (Å²) >= 11 is 3.52. The number of hydrogen-bond donors (Lipinski definition) is 0. The van der Waals surface area contributed by atoms with Crippen molar-refractivity contribution in [1.29, 1.82) is 0 Å². The minimum atomic E-state index is 0.0462. The number of carbonyl (C=O) groups excluding carboxylic acids is 1. The number of nitrogens with zero attached hydrogens (tertiary/aromatic N) is 2. The van der Waals surface area contributed by atoms with Crippen LogP contribution in [0.1, 0.15) is 38.1 Å². The van der Waals surface area contributed by atoms with E-state index in [2.05, 4.69) is 43.6 Å². The van der Waals surface area contributed by atoms with Crippen molar-refractivity contribution in [2.24, 2.45) is 0 Å². The molecular weight excluding hydrogens is 388 g/mol. The lowest BCUT2D eigenvalue weighted by atomic mass is 10.0. The van der Waals surface area contributed by atoms with Crippen molar-refractivity contribution in [3.8, 4) is 11.3 Å². The van der Waals surface area contributed by atoms with E-state index in [9.17, 15) is 4.79 Å². The molecule has 3 rings (SSSR count). The number of carbonyl (C=O) groups is 1. The van der Waals surface area contributed by atoms with E-state index in [1.807, 2.05) is 59.5 Å². The molecule has 1 aromatic heterocycles. The van der Waals surface area contributed by atoms with Gasteiger partial charge in [0.25, 0.3) is 5.91 Å². The minimum absolute atomic E-state index is 0.0462. The first kappa shape index (κ1) is 18.6. The van der Waals surface area contributed by atoms with Gasteiger partial charge in [-0.2, -0.15) is 0 Å². The van der Waals surface area contributed by atoms with Gasteiger partial charge >= 0.3 is 0 Å². The van der Waals surface area contributed by atoms with Crippen LogP contribution in [0.25, 0.3) is 22.2 Å². The Balaban J connectivity index is 2.22. The van der Waals surface area contributed by atoms with Gasteiger partial charge in [-0.25, -0.2) is 4.98 Å². The molecule has 0 N–H and O–H groups in total. The maximum absolute atomic E-state index is 13.4. The van der Waals surface area contributed by atoms with E-state index in [4.69, 9.17) is 4.98 Å². The lowest BCUT2D eigenvalue weighted by Gasteiger charge is -2.31. The molecule has 0 fully saturated rings. The summed E-state index contributed by atoms with van der Waals surface area (Å²) in [6, 6.07) is 18.0. The number of halogens is 1. The Hall–Kier alpha value is -2.20. The highest BCUT2D eigenvalue weighted by molar-refractivity contribution is 9.10. The largest absolute Gasteiger partial charge is 0.334 e. The third kappa shape index (κ3) is 3.65.